The first-order valence-electron chi connectivity index (χ1n) is 15.6. The number of nitrogens with one attached hydrogen (secondary N) is 1. The minimum Gasteiger partial charge on any atom is -0.352 e. The smallest absolute Gasteiger partial charge is 0.243 e. The van der Waals surface area contributed by atoms with Crippen LogP contribution in [0.1, 0.15) is 67.2 Å². The summed E-state index contributed by atoms with van der Waals surface area (Å²) in [6, 6.07) is 19.6. The molecule has 10 heteroatoms. The summed E-state index contributed by atoms with van der Waals surface area (Å²) in [4.78, 5) is 29.7. The molecule has 1 aliphatic carbocycles. The standard InChI is InChI=1S/C35H43Cl2N3O4S/c1-25-19-20-29(22-26(25)2)40(45(3,43)44)21-11-18-34(41)39(24-30-31(36)16-10-17-32(30)37)33(23-27-12-6-4-7-13-27)35(42)38-28-14-8-5-9-15-28/h4,6-7,10,12-13,16-17,19-20,22,28,33H,5,8-9,11,14-15,18,21,23-24H2,1-3H3,(H,38,42)/t33-/m0/s1. The second kappa shape index (κ2) is 16.0. The van der Waals surface area contributed by atoms with Crippen molar-refractivity contribution in [1.29, 1.82) is 0 Å². The summed E-state index contributed by atoms with van der Waals surface area (Å²) >= 11 is 13.1. The third-order valence-corrected chi connectivity index (χ3v) is 10.4. The van der Waals surface area contributed by atoms with Crippen molar-refractivity contribution >= 4 is 50.7 Å². The molecule has 1 fully saturated rings. The van der Waals surface area contributed by atoms with Crippen LogP contribution in [0.25, 0.3) is 0 Å². The number of anilines is 1. The molecule has 3 aromatic rings. The van der Waals surface area contributed by atoms with E-state index < -0.39 is 16.1 Å². The van der Waals surface area contributed by atoms with Crippen LogP contribution in [-0.4, -0.2) is 50.0 Å². The van der Waals surface area contributed by atoms with Crippen molar-refractivity contribution in [1.82, 2.24) is 10.2 Å². The molecule has 3 aromatic carbocycles. The Hall–Kier alpha value is -3.07. The molecule has 45 heavy (non-hydrogen) atoms. The minimum absolute atomic E-state index is 0.0287. The van der Waals surface area contributed by atoms with Crippen LogP contribution >= 0.6 is 23.2 Å². The lowest BCUT2D eigenvalue weighted by Gasteiger charge is -2.34. The number of sulfonamides is 1. The maximum absolute atomic E-state index is 14.2. The summed E-state index contributed by atoms with van der Waals surface area (Å²) in [7, 11) is -3.60. The SMILES string of the molecule is Cc1ccc(N(CCCC(=O)N(Cc2c(Cl)cccc2Cl)[C@@H](Cc2ccccc2)C(=O)NC2CCCCC2)S(C)(=O)=O)cc1C. The van der Waals surface area contributed by atoms with Gasteiger partial charge in [-0.3, -0.25) is 13.9 Å². The van der Waals surface area contributed by atoms with E-state index in [1.54, 1.807) is 29.2 Å². The van der Waals surface area contributed by atoms with Gasteiger partial charge in [-0.05, 0) is 74.1 Å². The van der Waals surface area contributed by atoms with E-state index in [0.717, 1.165) is 48.8 Å². The van der Waals surface area contributed by atoms with Gasteiger partial charge in [-0.25, -0.2) is 8.42 Å². The van der Waals surface area contributed by atoms with E-state index in [1.807, 2.05) is 56.3 Å². The fourth-order valence-corrected chi connectivity index (χ4v) is 7.31. The van der Waals surface area contributed by atoms with Gasteiger partial charge in [0.05, 0.1) is 11.9 Å². The highest BCUT2D eigenvalue weighted by Gasteiger charge is 2.33. The van der Waals surface area contributed by atoms with Crippen LogP contribution in [0.2, 0.25) is 10.0 Å². The van der Waals surface area contributed by atoms with Crippen molar-refractivity contribution < 1.29 is 18.0 Å². The fraction of sp³-hybridized carbons (Fsp3) is 0.429. The van der Waals surface area contributed by atoms with Crippen LogP contribution in [-0.2, 0) is 32.6 Å². The number of amides is 2. The first-order chi connectivity index (χ1) is 21.4. The Morgan fingerprint density at radius 2 is 1.58 bits per heavy atom. The van der Waals surface area contributed by atoms with Gasteiger partial charge in [0, 0.05) is 47.6 Å². The van der Waals surface area contributed by atoms with Gasteiger partial charge in [0.15, 0.2) is 0 Å². The first kappa shape index (κ1) is 34.8. The molecule has 242 valence electrons. The maximum Gasteiger partial charge on any atom is 0.243 e. The normalized spacial score (nSPS) is 14.5. The molecule has 1 saturated carbocycles. The van der Waals surface area contributed by atoms with Crippen molar-refractivity contribution in [2.75, 3.05) is 17.1 Å². The molecule has 7 nitrogen and oxygen atoms in total. The zero-order valence-corrected chi connectivity index (χ0v) is 28.6. The number of carbonyl (C=O) groups is 2. The van der Waals surface area contributed by atoms with Crippen molar-refractivity contribution in [2.24, 2.45) is 0 Å². The molecule has 1 atom stereocenters. The Morgan fingerprint density at radius 1 is 0.911 bits per heavy atom. The lowest BCUT2D eigenvalue weighted by molar-refractivity contribution is -0.141. The number of halogens is 2. The van der Waals surface area contributed by atoms with Crippen LogP contribution in [0, 0.1) is 13.8 Å². The Morgan fingerprint density at radius 3 is 2.20 bits per heavy atom. The van der Waals surface area contributed by atoms with Crippen LogP contribution in [0.15, 0.2) is 66.7 Å². The monoisotopic (exact) mass is 671 g/mol. The summed E-state index contributed by atoms with van der Waals surface area (Å²) in [5.41, 5.74) is 4.08. The molecule has 4 rings (SSSR count). The van der Waals surface area contributed by atoms with Crippen LogP contribution in [0.4, 0.5) is 5.69 Å². The molecular formula is C35H43Cl2N3O4S. The third-order valence-electron chi connectivity index (χ3n) is 8.54. The number of hydrogen-bond acceptors (Lipinski definition) is 4. The molecule has 0 unspecified atom stereocenters. The number of nitrogens with zero attached hydrogens (tertiary/aromatic N) is 2. The van der Waals surface area contributed by atoms with E-state index in [2.05, 4.69) is 5.32 Å². The van der Waals surface area contributed by atoms with Crippen LogP contribution in [0.5, 0.6) is 0 Å². The van der Waals surface area contributed by atoms with Gasteiger partial charge in [0.2, 0.25) is 21.8 Å². The van der Waals surface area contributed by atoms with Crippen molar-refractivity contribution in [3.63, 3.8) is 0 Å². The van der Waals surface area contributed by atoms with E-state index in [1.165, 1.54) is 10.6 Å². The fourth-order valence-electron chi connectivity index (χ4n) is 5.84. The second-order valence-electron chi connectivity index (χ2n) is 12.0. The lowest BCUT2D eigenvalue weighted by Crippen LogP contribution is -2.53. The molecule has 0 radical (unpaired) electrons. The summed E-state index contributed by atoms with van der Waals surface area (Å²) in [5, 5.41) is 4.04. The molecule has 2 amide bonds. The van der Waals surface area contributed by atoms with Crippen LogP contribution in [0.3, 0.4) is 0 Å². The minimum atomic E-state index is -3.60. The number of hydrogen-bond donors (Lipinski definition) is 1. The Bertz CT molecular complexity index is 1560. The average molecular weight is 673 g/mol. The Balaban J connectivity index is 1.63. The van der Waals surface area contributed by atoms with Crippen molar-refractivity contribution in [3.8, 4) is 0 Å². The second-order valence-corrected chi connectivity index (χ2v) is 14.7. The zero-order chi connectivity index (χ0) is 32.6. The quantitative estimate of drug-likeness (QED) is 0.207. The molecule has 1 N–H and O–H groups in total. The molecular weight excluding hydrogens is 629 g/mol. The highest BCUT2D eigenvalue weighted by atomic mass is 35.5. The highest BCUT2D eigenvalue weighted by Crippen LogP contribution is 2.28. The number of benzene rings is 3. The number of carbonyl (C=O) groups excluding carboxylic acids is 2. The summed E-state index contributed by atoms with van der Waals surface area (Å²) in [6.07, 6.45) is 6.86. The zero-order valence-electron chi connectivity index (χ0n) is 26.3. The maximum atomic E-state index is 14.2. The lowest BCUT2D eigenvalue weighted by atomic mass is 9.94. The number of rotatable bonds is 13. The van der Waals surface area contributed by atoms with E-state index in [0.29, 0.717) is 27.7 Å². The van der Waals surface area contributed by atoms with E-state index >= 15 is 0 Å². The number of aryl methyl sites for hydroxylation is 2. The van der Waals surface area contributed by atoms with Gasteiger partial charge in [-0.2, -0.15) is 0 Å². The van der Waals surface area contributed by atoms with Gasteiger partial charge in [0.1, 0.15) is 6.04 Å². The van der Waals surface area contributed by atoms with Gasteiger partial charge >= 0.3 is 0 Å². The average Bonchev–Trinajstić information content (AvgIpc) is 3.00. The summed E-state index contributed by atoms with van der Waals surface area (Å²) in [5.74, 6) is -0.491. The molecule has 1 aliphatic rings. The van der Waals surface area contributed by atoms with Gasteiger partial charge in [-0.15, -0.1) is 0 Å². The first-order valence-corrected chi connectivity index (χ1v) is 18.2. The predicted octanol–water partition coefficient (Wildman–Crippen LogP) is 7.25. The van der Waals surface area contributed by atoms with E-state index in [9.17, 15) is 18.0 Å². The van der Waals surface area contributed by atoms with Gasteiger partial charge in [0.25, 0.3) is 0 Å². The highest BCUT2D eigenvalue weighted by molar-refractivity contribution is 7.92. The van der Waals surface area contributed by atoms with Crippen molar-refractivity contribution in [3.05, 3.63) is 99.0 Å². The third kappa shape index (κ3) is 9.71. The largest absolute Gasteiger partial charge is 0.352 e. The topological polar surface area (TPSA) is 86.8 Å². The van der Waals surface area contributed by atoms with Crippen LogP contribution < -0.4 is 9.62 Å². The molecule has 0 saturated heterocycles. The van der Waals surface area contributed by atoms with E-state index in [-0.39, 0.29) is 43.8 Å². The molecule has 0 bridgehead atoms. The van der Waals surface area contributed by atoms with Crippen molar-refractivity contribution in [2.45, 2.75) is 83.8 Å². The summed E-state index contributed by atoms with van der Waals surface area (Å²) < 4.78 is 26.9. The van der Waals surface area contributed by atoms with E-state index in [4.69, 9.17) is 23.2 Å². The van der Waals surface area contributed by atoms with Gasteiger partial charge in [-0.1, -0.05) is 84.9 Å². The Labute approximate surface area is 278 Å². The van der Waals surface area contributed by atoms with Gasteiger partial charge < -0.3 is 10.2 Å². The molecule has 0 spiro atoms. The molecule has 0 heterocycles. The summed E-state index contributed by atoms with van der Waals surface area (Å²) in [6.45, 7) is 4.07. The molecule has 0 aliphatic heterocycles. The molecule has 0 aromatic heterocycles. The predicted molar refractivity (Wildman–Crippen MR) is 183 cm³/mol. The Kier molecular flexibility index (Phi) is 12.3.